The van der Waals surface area contributed by atoms with Crippen molar-refractivity contribution in [2.45, 2.75) is 20.3 Å². The van der Waals surface area contributed by atoms with Gasteiger partial charge in [-0.1, -0.05) is 19.1 Å². The van der Waals surface area contributed by atoms with Gasteiger partial charge in [0.15, 0.2) is 0 Å². The first kappa shape index (κ1) is 16.1. The van der Waals surface area contributed by atoms with E-state index in [0.29, 0.717) is 22.6 Å². The van der Waals surface area contributed by atoms with E-state index in [0.717, 1.165) is 23.0 Å². The summed E-state index contributed by atoms with van der Waals surface area (Å²) in [4.78, 5) is 31.9. The number of nitrogens with zero attached hydrogens (tertiary/aromatic N) is 2. The minimum absolute atomic E-state index is 0.143. The number of aromatic nitrogens is 3. The zero-order chi connectivity index (χ0) is 18.3. The van der Waals surface area contributed by atoms with Gasteiger partial charge in [-0.15, -0.1) is 0 Å². The normalized spacial score (nSPS) is 11.2. The first-order valence-corrected chi connectivity index (χ1v) is 8.48. The first-order chi connectivity index (χ1) is 12.6. The van der Waals surface area contributed by atoms with Gasteiger partial charge in [0.25, 0.3) is 5.91 Å². The number of nitrogens with one attached hydrogen (secondary N) is 2. The number of carbonyl (C=O) groups is 1. The van der Waals surface area contributed by atoms with Gasteiger partial charge in [-0.3, -0.25) is 14.0 Å². The number of carbonyl (C=O) groups excluding carboxylic acids is 1. The van der Waals surface area contributed by atoms with E-state index in [1.807, 2.05) is 50.4 Å². The summed E-state index contributed by atoms with van der Waals surface area (Å²) in [5.41, 5.74) is 4.06. The molecule has 0 aliphatic rings. The zero-order valence-corrected chi connectivity index (χ0v) is 14.5. The first-order valence-electron chi connectivity index (χ1n) is 8.48. The van der Waals surface area contributed by atoms with Crippen molar-refractivity contribution in [1.29, 1.82) is 0 Å². The number of imidazole rings is 1. The fourth-order valence-electron chi connectivity index (χ4n) is 3.28. The summed E-state index contributed by atoms with van der Waals surface area (Å²) in [5.74, 6) is -0.241. The van der Waals surface area contributed by atoms with E-state index in [1.165, 1.54) is 0 Å². The molecule has 0 spiro atoms. The van der Waals surface area contributed by atoms with Crippen molar-refractivity contribution in [3.63, 3.8) is 0 Å². The molecule has 4 rings (SSSR count). The smallest absolute Gasteiger partial charge is 0.274 e. The number of H-pyrrole nitrogens is 1. The summed E-state index contributed by atoms with van der Waals surface area (Å²) in [5, 5.41) is 3.89. The molecule has 1 amide bonds. The fraction of sp³-hybridized carbons (Fsp3) is 0.150. The van der Waals surface area contributed by atoms with Crippen LogP contribution in [0.3, 0.4) is 0 Å². The second-order valence-electron chi connectivity index (χ2n) is 6.20. The highest BCUT2D eigenvalue weighted by Crippen LogP contribution is 2.21. The van der Waals surface area contributed by atoms with Gasteiger partial charge in [-0.2, -0.15) is 0 Å². The highest BCUT2D eigenvalue weighted by molar-refractivity contribution is 6.05. The molecule has 2 N–H and O–H groups in total. The van der Waals surface area contributed by atoms with E-state index >= 15 is 0 Å². The third-order valence-electron chi connectivity index (χ3n) is 4.49. The predicted molar refractivity (Wildman–Crippen MR) is 102 cm³/mol. The Balaban J connectivity index is 1.73. The second kappa shape index (κ2) is 6.15. The summed E-state index contributed by atoms with van der Waals surface area (Å²) in [6, 6.07) is 12.8. The maximum absolute atomic E-state index is 12.8. The Kier molecular flexibility index (Phi) is 3.80. The van der Waals surface area contributed by atoms with Gasteiger partial charge >= 0.3 is 0 Å². The van der Waals surface area contributed by atoms with E-state index in [-0.39, 0.29) is 11.5 Å². The van der Waals surface area contributed by atoms with Crippen molar-refractivity contribution in [3.05, 3.63) is 76.0 Å². The Morgan fingerprint density at radius 3 is 2.88 bits per heavy atom. The second-order valence-corrected chi connectivity index (χ2v) is 6.20. The summed E-state index contributed by atoms with van der Waals surface area (Å²) in [7, 11) is 0. The summed E-state index contributed by atoms with van der Waals surface area (Å²) in [6.45, 7) is 3.82. The van der Waals surface area contributed by atoms with Crippen LogP contribution in [0, 0.1) is 6.92 Å². The average molecular weight is 346 g/mol. The van der Waals surface area contributed by atoms with Crippen molar-refractivity contribution in [2.75, 3.05) is 5.32 Å². The SMILES string of the molecule is CCc1cc(=O)[nH]c2cc(NC(=O)c3c(C)nc4ccccn34)ccc12. The minimum Gasteiger partial charge on any atom is -0.322 e. The molecule has 6 heteroatoms. The highest BCUT2D eigenvalue weighted by Gasteiger charge is 2.16. The van der Waals surface area contributed by atoms with Crippen molar-refractivity contribution in [2.24, 2.45) is 0 Å². The Labute approximate surface area is 149 Å². The molecule has 4 aromatic rings. The number of anilines is 1. The summed E-state index contributed by atoms with van der Waals surface area (Å²) >= 11 is 0. The Morgan fingerprint density at radius 1 is 1.23 bits per heavy atom. The molecule has 26 heavy (non-hydrogen) atoms. The van der Waals surface area contributed by atoms with Gasteiger partial charge in [0, 0.05) is 23.3 Å². The van der Waals surface area contributed by atoms with Crippen LogP contribution >= 0.6 is 0 Å². The molecule has 130 valence electrons. The fourth-order valence-corrected chi connectivity index (χ4v) is 3.28. The van der Waals surface area contributed by atoms with Crippen LogP contribution in [-0.2, 0) is 6.42 Å². The quantitative estimate of drug-likeness (QED) is 0.597. The lowest BCUT2D eigenvalue weighted by Gasteiger charge is -2.09. The zero-order valence-electron chi connectivity index (χ0n) is 14.5. The lowest BCUT2D eigenvalue weighted by Crippen LogP contribution is -2.15. The molecule has 0 fully saturated rings. The van der Waals surface area contributed by atoms with Gasteiger partial charge in [-0.25, -0.2) is 4.98 Å². The molecule has 1 aromatic carbocycles. The molecule has 0 atom stereocenters. The Bertz CT molecular complexity index is 1200. The van der Waals surface area contributed by atoms with Gasteiger partial charge in [0.2, 0.25) is 5.56 Å². The predicted octanol–water partition coefficient (Wildman–Crippen LogP) is 3.30. The molecular weight excluding hydrogens is 328 g/mol. The van der Waals surface area contributed by atoms with Crippen LogP contribution in [0.4, 0.5) is 5.69 Å². The third-order valence-corrected chi connectivity index (χ3v) is 4.49. The number of fused-ring (bicyclic) bond motifs is 2. The van der Waals surface area contributed by atoms with Crippen LogP contribution in [0.5, 0.6) is 0 Å². The molecule has 0 bridgehead atoms. The lowest BCUT2D eigenvalue weighted by molar-refractivity contribution is 0.102. The third kappa shape index (κ3) is 2.65. The molecular formula is C20H18N4O2. The Morgan fingerprint density at radius 2 is 2.08 bits per heavy atom. The van der Waals surface area contributed by atoms with E-state index in [4.69, 9.17) is 0 Å². The lowest BCUT2D eigenvalue weighted by atomic mass is 10.1. The largest absolute Gasteiger partial charge is 0.322 e. The van der Waals surface area contributed by atoms with Crippen LogP contribution in [-0.4, -0.2) is 20.3 Å². The van der Waals surface area contributed by atoms with Crippen molar-refractivity contribution in [1.82, 2.24) is 14.4 Å². The van der Waals surface area contributed by atoms with Crippen molar-refractivity contribution < 1.29 is 4.79 Å². The number of hydrogen-bond acceptors (Lipinski definition) is 3. The molecule has 0 radical (unpaired) electrons. The van der Waals surface area contributed by atoms with E-state index in [2.05, 4.69) is 15.3 Å². The van der Waals surface area contributed by atoms with Crippen LogP contribution < -0.4 is 10.9 Å². The molecule has 0 saturated carbocycles. The van der Waals surface area contributed by atoms with Crippen LogP contribution in [0.1, 0.15) is 28.7 Å². The molecule has 0 saturated heterocycles. The van der Waals surface area contributed by atoms with E-state index < -0.39 is 0 Å². The maximum atomic E-state index is 12.8. The number of aryl methyl sites for hydroxylation is 2. The van der Waals surface area contributed by atoms with Crippen molar-refractivity contribution in [3.8, 4) is 0 Å². The number of pyridine rings is 2. The molecule has 3 aromatic heterocycles. The van der Waals surface area contributed by atoms with Crippen LogP contribution in [0.2, 0.25) is 0 Å². The standard InChI is InChI=1S/C20H18N4O2/c1-3-13-10-18(25)23-16-11-14(7-8-15(13)16)22-20(26)19-12(2)21-17-6-4-5-9-24(17)19/h4-11H,3H2,1-2H3,(H,22,26)(H,23,25). The van der Waals surface area contributed by atoms with Crippen LogP contribution in [0.15, 0.2) is 53.5 Å². The summed E-state index contributed by atoms with van der Waals surface area (Å²) in [6.07, 6.45) is 2.59. The van der Waals surface area contributed by atoms with Gasteiger partial charge in [0.1, 0.15) is 11.3 Å². The van der Waals surface area contributed by atoms with E-state index in [9.17, 15) is 9.59 Å². The van der Waals surface area contributed by atoms with Crippen molar-refractivity contribution >= 4 is 28.1 Å². The van der Waals surface area contributed by atoms with Gasteiger partial charge in [0.05, 0.1) is 11.2 Å². The average Bonchev–Trinajstić information content (AvgIpc) is 2.96. The highest BCUT2D eigenvalue weighted by atomic mass is 16.2. The molecule has 0 aliphatic heterocycles. The van der Waals surface area contributed by atoms with E-state index in [1.54, 1.807) is 16.5 Å². The Hall–Kier alpha value is -3.41. The minimum atomic E-state index is -0.241. The number of aromatic amines is 1. The molecule has 3 heterocycles. The summed E-state index contributed by atoms with van der Waals surface area (Å²) < 4.78 is 1.77. The van der Waals surface area contributed by atoms with Gasteiger partial charge in [-0.05, 0) is 43.2 Å². The number of amides is 1. The maximum Gasteiger partial charge on any atom is 0.274 e. The van der Waals surface area contributed by atoms with Gasteiger partial charge < -0.3 is 10.3 Å². The number of rotatable bonds is 3. The molecule has 0 aliphatic carbocycles. The monoisotopic (exact) mass is 346 g/mol. The van der Waals surface area contributed by atoms with Crippen LogP contribution in [0.25, 0.3) is 16.6 Å². The number of benzene rings is 1. The molecule has 0 unspecified atom stereocenters. The molecule has 6 nitrogen and oxygen atoms in total. The topological polar surface area (TPSA) is 79.3 Å². The number of hydrogen-bond donors (Lipinski definition) is 2.